The zero-order chi connectivity index (χ0) is 12.8. The number of carbonyl (C=O) groups is 1. The third-order valence-corrected chi connectivity index (χ3v) is 4.34. The van der Waals surface area contributed by atoms with Gasteiger partial charge in [0, 0.05) is 5.56 Å². The normalized spacial score (nSPS) is 21.4. The third-order valence-electron chi connectivity index (χ3n) is 4.34. The van der Waals surface area contributed by atoms with E-state index in [1.807, 2.05) is 13.0 Å². The van der Waals surface area contributed by atoms with E-state index in [4.69, 9.17) is 4.84 Å². The topological polar surface area (TPSA) is 29.5 Å². The minimum absolute atomic E-state index is 0.0260. The zero-order valence-corrected chi connectivity index (χ0v) is 11.0. The van der Waals surface area contributed by atoms with E-state index < -0.39 is 0 Å². The van der Waals surface area contributed by atoms with Gasteiger partial charge >= 0.3 is 0 Å². The van der Waals surface area contributed by atoms with Crippen LogP contribution in [0.25, 0.3) is 0 Å². The monoisotopic (exact) mass is 245 g/mol. The Morgan fingerprint density at radius 3 is 2.61 bits per heavy atom. The molecule has 1 saturated carbocycles. The predicted molar refractivity (Wildman–Crippen MR) is 69.1 cm³/mol. The summed E-state index contributed by atoms with van der Waals surface area (Å²) >= 11 is 0. The van der Waals surface area contributed by atoms with Gasteiger partial charge in [0.2, 0.25) is 0 Å². The number of aryl methyl sites for hydroxylation is 1. The largest absolute Gasteiger partial charge is 0.278 e. The summed E-state index contributed by atoms with van der Waals surface area (Å²) in [6.07, 6.45) is 5.63. The van der Waals surface area contributed by atoms with Crippen molar-refractivity contribution in [3.8, 4) is 0 Å². The van der Waals surface area contributed by atoms with E-state index in [1.165, 1.54) is 24.8 Å². The van der Waals surface area contributed by atoms with E-state index in [-0.39, 0.29) is 11.4 Å². The van der Waals surface area contributed by atoms with Crippen LogP contribution in [0.1, 0.15) is 53.6 Å². The predicted octanol–water partition coefficient (Wildman–Crippen LogP) is 3.17. The first-order valence-corrected chi connectivity index (χ1v) is 6.69. The number of fused-ring (bicyclic) bond motifs is 2. The van der Waals surface area contributed by atoms with Crippen molar-refractivity contribution in [3.05, 3.63) is 34.9 Å². The molecule has 2 aliphatic rings. The molecule has 1 aromatic rings. The molecule has 1 fully saturated rings. The van der Waals surface area contributed by atoms with Crippen LogP contribution in [0.3, 0.4) is 0 Å². The van der Waals surface area contributed by atoms with Gasteiger partial charge in [-0.3, -0.25) is 9.63 Å². The van der Waals surface area contributed by atoms with Crippen molar-refractivity contribution >= 4 is 5.91 Å². The number of hydrogen-bond donors (Lipinski definition) is 0. The number of hydrogen-bond acceptors (Lipinski definition) is 2. The molecule has 0 bridgehead atoms. The second-order valence-corrected chi connectivity index (χ2v) is 5.42. The summed E-state index contributed by atoms with van der Waals surface area (Å²) in [5.74, 6) is 0.0260. The van der Waals surface area contributed by atoms with E-state index in [0.717, 1.165) is 24.0 Å². The Balaban J connectivity index is 2.16. The molecule has 0 unspecified atom stereocenters. The van der Waals surface area contributed by atoms with Gasteiger partial charge in [-0.1, -0.05) is 37.0 Å². The average molecular weight is 245 g/mol. The highest BCUT2D eigenvalue weighted by Gasteiger charge is 2.50. The SMILES string of the molecule is CON1C(=O)c2cc(C)ccc2C12CCCCC2. The fraction of sp³-hybridized carbons (Fsp3) is 0.533. The van der Waals surface area contributed by atoms with Gasteiger partial charge in [-0.15, -0.1) is 0 Å². The summed E-state index contributed by atoms with van der Waals surface area (Å²) in [7, 11) is 1.60. The number of hydroxylamine groups is 2. The van der Waals surface area contributed by atoms with E-state index in [1.54, 1.807) is 12.2 Å². The standard InChI is InChI=1S/C15H19NO2/c1-11-6-7-13-12(10-11)14(17)16(18-2)15(13)8-4-3-5-9-15/h6-7,10H,3-5,8-9H2,1-2H3. The fourth-order valence-electron chi connectivity index (χ4n) is 3.52. The lowest BCUT2D eigenvalue weighted by atomic mass is 9.77. The molecule has 1 heterocycles. The molecule has 1 spiro atoms. The van der Waals surface area contributed by atoms with Crippen LogP contribution in [0.4, 0.5) is 0 Å². The number of nitrogens with zero attached hydrogens (tertiary/aromatic N) is 1. The molecule has 1 aliphatic heterocycles. The molecule has 1 aromatic carbocycles. The first-order valence-electron chi connectivity index (χ1n) is 6.69. The molecular formula is C15H19NO2. The number of carbonyl (C=O) groups excluding carboxylic acids is 1. The molecule has 18 heavy (non-hydrogen) atoms. The highest BCUT2D eigenvalue weighted by Crippen LogP contribution is 2.48. The van der Waals surface area contributed by atoms with Crippen molar-refractivity contribution in [2.45, 2.75) is 44.6 Å². The molecule has 0 radical (unpaired) electrons. The Morgan fingerprint density at radius 1 is 1.22 bits per heavy atom. The molecule has 0 N–H and O–H groups in total. The first kappa shape index (κ1) is 11.7. The van der Waals surface area contributed by atoms with Crippen LogP contribution in [-0.4, -0.2) is 18.1 Å². The van der Waals surface area contributed by atoms with Crippen molar-refractivity contribution in [2.75, 3.05) is 7.11 Å². The van der Waals surface area contributed by atoms with Gasteiger partial charge < -0.3 is 0 Å². The maximum Gasteiger partial charge on any atom is 0.278 e. The highest BCUT2D eigenvalue weighted by molar-refractivity contribution is 5.99. The molecule has 1 amide bonds. The fourth-order valence-corrected chi connectivity index (χ4v) is 3.52. The molecule has 3 nitrogen and oxygen atoms in total. The molecule has 0 saturated heterocycles. The van der Waals surface area contributed by atoms with Crippen molar-refractivity contribution < 1.29 is 9.63 Å². The van der Waals surface area contributed by atoms with Crippen LogP contribution in [0, 0.1) is 6.92 Å². The van der Waals surface area contributed by atoms with Gasteiger partial charge in [0.1, 0.15) is 0 Å². The van der Waals surface area contributed by atoms with Crippen LogP contribution in [-0.2, 0) is 10.4 Å². The maximum absolute atomic E-state index is 12.5. The Kier molecular flexibility index (Phi) is 2.67. The Hall–Kier alpha value is -1.35. The van der Waals surface area contributed by atoms with Gasteiger partial charge in [-0.05, 0) is 31.4 Å². The van der Waals surface area contributed by atoms with E-state index >= 15 is 0 Å². The summed E-state index contributed by atoms with van der Waals surface area (Å²) in [5, 5.41) is 1.62. The van der Waals surface area contributed by atoms with Crippen LogP contribution < -0.4 is 0 Å². The quantitative estimate of drug-likeness (QED) is 0.760. The number of rotatable bonds is 1. The lowest BCUT2D eigenvalue weighted by Crippen LogP contribution is -2.44. The maximum atomic E-state index is 12.5. The van der Waals surface area contributed by atoms with Gasteiger partial charge in [0.25, 0.3) is 5.91 Å². The molecule has 0 aromatic heterocycles. The number of benzene rings is 1. The van der Waals surface area contributed by atoms with Crippen molar-refractivity contribution in [2.24, 2.45) is 0 Å². The van der Waals surface area contributed by atoms with E-state index in [9.17, 15) is 4.79 Å². The lowest BCUT2D eigenvalue weighted by molar-refractivity contribution is -0.169. The van der Waals surface area contributed by atoms with Crippen molar-refractivity contribution in [3.63, 3.8) is 0 Å². The molecule has 3 rings (SSSR count). The van der Waals surface area contributed by atoms with Crippen molar-refractivity contribution in [1.82, 2.24) is 5.06 Å². The molecule has 3 heteroatoms. The van der Waals surface area contributed by atoms with E-state index in [0.29, 0.717) is 0 Å². The summed E-state index contributed by atoms with van der Waals surface area (Å²) < 4.78 is 0. The van der Waals surface area contributed by atoms with Gasteiger partial charge in [0.05, 0.1) is 12.6 Å². The van der Waals surface area contributed by atoms with E-state index in [2.05, 4.69) is 12.1 Å². The van der Waals surface area contributed by atoms with Gasteiger partial charge in [-0.25, -0.2) is 5.06 Å². The summed E-state index contributed by atoms with van der Waals surface area (Å²) in [4.78, 5) is 17.9. The van der Waals surface area contributed by atoms with Crippen LogP contribution in [0.5, 0.6) is 0 Å². The minimum Gasteiger partial charge on any atom is -0.273 e. The van der Waals surface area contributed by atoms with Crippen LogP contribution in [0.15, 0.2) is 18.2 Å². The van der Waals surface area contributed by atoms with Crippen LogP contribution in [0.2, 0.25) is 0 Å². The van der Waals surface area contributed by atoms with Crippen LogP contribution >= 0.6 is 0 Å². The Labute approximate surface area is 108 Å². The Morgan fingerprint density at radius 2 is 1.94 bits per heavy atom. The van der Waals surface area contributed by atoms with Gasteiger partial charge in [0.15, 0.2) is 0 Å². The summed E-state index contributed by atoms with van der Waals surface area (Å²) in [5.41, 5.74) is 2.93. The molecule has 0 atom stereocenters. The third kappa shape index (κ3) is 1.43. The smallest absolute Gasteiger partial charge is 0.273 e. The number of amides is 1. The second kappa shape index (κ2) is 4.09. The molecule has 96 valence electrons. The first-order chi connectivity index (χ1) is 8.69. The summed E-state index contributed by atoms with van der Waals surface area (Å²) in [6, 6.07) is 6.21. The molecular weight excluding hydrogens is 226 g/mol. The van der Waals surface area contributed by atoms with Gasteiger partial charge in [-0.2, -0.15) is 0 Å². The summed E-state index contributed by atoms with van der Waals surface area (Å²) in [6.45, 7) is 2.02. The minimum atomic E-state index is -0.201. The average Bonchev–Trinajstić information content (AvgIpc) is 2.60. The van der Waals surface area contributed by atoms with Crippen molar-refractivity contribution in [1.29, 1.82) is 0 Å². The second-order valence-electron chi connectivity index (χ2n) is 5.42. The Bertz CT molecular complexity index is 489. The molecule has 1 aliphatic carbocycles. The zero-order valence-electron chi connectivity index (χ0n) is 11.0. The highest BCUT2D eigenvalue weighted by atomic mass is 16.7. The lowest BCUT2D eigenvalue weighted by Gasteiger charge is -2.40.